The van der Waals surface area contributed by atoms with Crippen molar-refractivity contribution < 1.29 is 9.90 Å². The fourth-order valence-corrected chi connectivity index (χ4v) is 2.65. The van der Waals surface area contributed by atoms with Crippen LogP contribution in [0.1, 0.15) is 16.1 Å². The predicted molar refractivity (Wildman–Crippen MR) is 92.6 cm³/mol. The molecule has 3 rings (SSSR count). The molecule has 122 valence electrons. The topological polar surface area (TPSA) is 75.1 Å². The first-order valence-electron chi connectivity index (χ1n) is 7.89. The first kappa shape index (κ1) is 16.1. The van der Waals surface area contributed by atoms with E-state index < -0.39 is 0 Å². The molecule has 5 nitrogen and oxygen atoms in total. The maximum atomic E-state index is 12.5. The van der Waals surface area contributed by atoms with Gasteiger partial charge >= 0.3 is 0 Å². The molecule has 5 heteroatoms. The normalized spacial score (nSPS) is 12.0. The predicted octanol–water partition coefficient (Wildman–Crippen LogP) is 2.21. The Morgan fingerprint density at radius 3 is 2.75 bits per heavy atom. The van der Waals surface area contributed by atoms with Crippen molar-refractivity contribution >= 4 is 16.7 Å². The van der Waals surface area contributed by atoms with Gasteiger partial charge in [-0.05, 0) is 23.9 Å². The largest absolute Gasteiger partial charge is 0.396 e. The van der Waals surface area contributed by atoms with Gasteiger partial charge in [0.25, 0.3) is 5.91 Å². The molecule has 1 aromatic carbocycles. The number of benzene rings is 1. The number of aromatic nitrogens is 2. The Kier molecular flexibility index (Phi) is 5.13. The zero-order valence-electron chi connectivity index (χ0n) is 13.2. The minimum Gasteiger partial charge on any atom is -0.396 e. The third-order valence-electron chi connectivity index (χ3n) is 3.95. The van der Waals surface area contributed by atoms with E-state index >= 15 is 0 Å². The number of hydrogen-bond donors (Lipinski definition) is 2. The van der Waals surface area contributed by atoms with E-state index in [0.29, 0.717) is 18.5 Å². The van der Waals surface area contributed by atoms with Crippen LogP contribution in [0.4, 0.5) is 0 Å². The van der Waals surface area contributed by atoms with Crippen molar-refractivity contribution in [2.24, 2.45) is 5.92 Å². The number of rotatable bonds is 6. The van der Waals surface area contributed by atoms with Crippen LogP contribution in [0, 0.1) is 5.92 Å². The summed E-state index contributed by atoms with van der Waals surface area (Å²) in [5.74, 6) is -0.259. The van der Waals surface area contributed by atoms with Gasteiger partial charge < -0.3 is 10.4 Å². The fourth-order valence-electron chi connectivity index (χ4n) is 2.65. The third kappa shape index (κ3) is 3.75. The summed E-state index contributed by atoms with van der Waals surface area (Å²) in [7, 11) is 0. The summed E-state index contributed by atoms with van der Waals surface area (Å²) in [6, 6.07) is 13.3. The monoisotopic (exact) mass is 321 g/mol. The number of carbonyl (C=O) groups is 1. The molecule has 1 atom stereocenters. The van der Waals surface area contributed by atoms with Crippen LogP contribution in [0.5, 0.6) is 0 Å². The molecular weight excluding hydrogens is 302 g/mol. The van der Waals surface area contributed by atoms with E-state index in [1.807, 2.05) is 42.5 Å². The summed E-state index contributed by atoms with van der Waals surface area (Å²) in [4.78, 5) is 20.9. The number of amides is 1. The summed E-state index contributed by atoms with van der Waals surface area (Å²) < 4.78 is 0. The van der Waals surface area contributed by atoms with Gasteiger partial charge in [-0.25, -0.2) is 0 Å². The number of carbonyl (C=O) groups excluding carboxylic acids is 1. The molecule has 1 unspecified atom stereocenters. The fraction of sp³-hybridized carbons (Fsp3) is 0.211. The van der Waals surface area contributed by atoms with E-state index in [9.17, 15) is 9.90 Å². The molecule has 0 fully saturated rings. The highest BCUT2D eigenvalue weighted by atomic mass is 16.3. The number of fused-ring (bicyclic) bond motifs is 1. The van der Waals surface area contributed by atoms with Crippen LogP contribution in [-0.2, 0) is 6.42 Å². The average molecular weight is 321 g/mol. The lowest BCUT2D eigenvalue weighted by molar-refractivity contribution is 0.0941. The maximum absolute atomic E-state index is 12.5. The Balaban J connectivity index is 1.67. The highest BCUT2D eigenvalue weighted by Crippen LogP contribution is 2.17. The molecule has 0 spiro atoms. The number of pyridine rings is 2. The number of aliphatic hydroxyl groups excluding tert-OH is 1. The molecule has 2 N–H and O–H groups in total. The number of hydrogen-bond acceptors (Lipinski definition) is 4. The molecule has 0 saturated heterocycles. The maximum Gasteiger partial charge on any atom is 0.253 e. The van der Waals surface area contributed by atoms with Crippen LogP contribution < -0.4 is 5.32 Å². The Bertz CT molecular complexity index is 816. The smallest absolute Gasteiger partial charge is 0.253 e. The van der Waals surface area contributed by atoms with Crippen LogP contribution in [-0.4, -0.2) is 34.1 Å². The Labute approximate surface area is 140 Å². The van der Waals surface area contributed by atoms with E-state index in [-0.39, 0.29) is 18.4 Å². The zero-order valence-corrected chi connectivity index (χ0v) is 13.2. The second kappa shape index (κ2) is 7.66. The van der Waals surface area contributed by atoms with E-state index in [1.165, 1.54) is 0 Å². The lowest BCUT2D eigenvalue weighted by Crippen LogP contribution is -2.32. The summed E-state index contributed by atoms with van der Waals surface area (Å²) in [5.41, 5.74) is 1.44. The third-order valence-corrected chi connectivity index (χ3v) is 3.95. The summed E-state index contributed by atoms with van der Waals surface area (Å²) in [6.07, 6.45) is 5.66. The Morgan fingerprint density at radius 1 is 1.12 bits per heavy atom. The van der Waals surface area contributed by atoms with Gasteiger partial charge in [-0.3, -0.25) is 14.8 Å². The molecular formula is C19H19N3O2. The van der Waals surface area contributed by atoms with Gasteiger partial charge in [-0.2, -0.15) is 0 Å². The molecule has 0 radical (unpaired) electrons. The van der Waals surface area contributed by atoms with Gasteiger partial charge in [0.15, 0.2) is 0 Å². The van der Waals surface area contributed by atoms with Crippen molar-refractivity contribution in [3.8, 4) is 0 Å². The van der Waals surface area contributed by atoms with Gasteiger partial charge in [0.05, 0.1) is 5.56 Å². The minimum atomic E-state index is -0.182. The van der Waals surface area contributed by atoms with Crippen molar-refractivity contribution in [1.82, 2.24) is 15.3 Å². The zero-order chi connectivity index (χ0) is 16.8. The summed E-state index contributed by atoms with van der Waals surface area (Å²) in [5, 5.41) is 14.2. The average Bonchev–Trinajstić information content (AvgIpc) is 2.65. The lowest BCUT2D eigenvalue weighted by Gasteiger charge is -2.15. The molecule has 0 aliphatic heterocycles. The number of nitrogens with one attached hydrogen (secondary N) is 1. The first-order chi connectivity index (χ1) is 11.8. The van der Waals surface area contributed by atoms with Crippen molar-refractivity contribution in [3.05, 3.63) is 72.3 Å². The second-order valence-electron chi connectivity index (χ2n) is 5.69. The highest BCUT2D eigenvalue weighted by Gasteiger charge is 2.14. The molecule has 0 saturated carbocycles. The van der Waals surface area contributed by atoms with E-state index in [4.69, 9.17) is 0 Å². The Morgan fingerprint density at radius 2 is 1.96 bits per heavy atom. The highest BCUT2D eigenvalue weighted by molar-refractivity contribution is 6.06. The molecule has 1 amide bonds. The molecule has 3 aromatic rings. The molecule has 2 heterocycles. The molecule has 0 bridgehead atoms. The van der Waals surface area contributed by atoms with Crippen LogP contribution in [0.3, 0.4) is 0 Å². The van der Waals surface area contributed by atoms with Gasteiger partial charge in [0.1, 0.15) is 0 Å². The van der Waals surface area contributed by atoms with E-state index in [2.05, 4.69) is 15.3 Å². The molecule has 0 aliphatic rings. The van der Waals surface area contributed by atoms with Crippen molar-refractivity contribution in [2.45, 2.75) is 6.42 Å². The van der Waals surface area contributed by atoms with Crippen molar-refractivity contribution in [3.63, 3.8) is 0 Å². The van der Waals surface area contributed by atoms with Gasteiger partial charge in [-0.1, -0.05) is 30.3 Å². The van der Waals surface area contributed by atoms with Crippen molar-refractivity contribution in [1.29, 1.82) is 0 Å². The summed E-state index contributed by atoms with van der Waals surface area (Å²) >= 11 is 0. The van der Waals surface area contributed by atoms with Crippen molar-refractivity contribution in [2.75, 3.05) is 13.2 Å². The van der Waals surface area contributed by atoms with Gasteiger partial charge in [-0.15, -0.1) is 0 Å². The number of aliphatic hydroxyl groups is 1. The van der Waals surface area contributed by atoms with Gasteiger partial charge in [0.2, 0.25) is 0 Å². The summed E-state index contributed by atoms with van der Waals surface area (Å²) in [6.45, 7) is 0.375. The lowest BCUT2D eigenvalue weighted by atomic mass is 10.0. The minimum absolute atomic E-state index is 0.00928. The van der Waals surface area contributed by atoms with Crippen LogP contribution in [0.2, 0.25) is 0 Å². The van der Waals surface area contributed by atoms with E-state index in [1.54, 1.807) is 18.6 Å². The van der Waals surface area contributed by atoms with Crippen LogP contribution in [0.15, 0.2) is 61.1 Å². The first-order valence-corrected chi connectivity index (χ1v) is 7.89. The molecule has 2 aromatic heterocycles. The quantitative estimate of drug-likeness (QED) is 0.730. The standard InChI is InChI=1S/C19H19N3O2/c23-13-14(9-16-6-3-4-8-21-16)10-22-19(24)18-12-20-11-15-5-1-2-7-17(15)18/h1-8,11-12,14,23H,9-10,13H2,(H,22,24). The molecule has 24 heavy (non-hydrogen) atoms. The SMILES string of the molecule is O=C(NCC(CO)Cc1ccccn1)c1cncc2ccccc12. The van der Waals surface area contributed by atoms with Gasteiger partial charge in [0, 0.05) is 48.7 Å². The van der Waals surface area contributed by atoms with Crippen LogP contribution in [0.25, 0.3) is 10.8 Å². The van der Waals surface area contributed by atoms with Crippen LogP contribution >= 0.6 is 0 Å². The second-order valence-corrected chi connectivity index (χ2v) is 5.69. The van der Waals surface area contributed by atoms with E-state index in [0.717, 1.165) is 16.5 Å². The Hall–Kier alpha value is -2.79. The number of nitrogens with zero attached hydrogens (tertiary/aromatic N) is 2. The molecule has 0 aliphatic carbocycles.